The minimum absolute atomic E-state index is 0.262. The lowest BCUT2D eigenvalue weighted by Gasteiger charge is -2.14. The number of benzene rings is 3. The molecule has 0 aliphatic rings. The van der Waals surface area contributed by atoms with Gasteiger partial charge in [0.1, 0.15) is 17.1 Å². The molecule has 4 aromatic rings. The van der Waals surface area contributed by atoms with Crippen molar-refractivity contribution >= 4 is 22.8 Å². The fourth-order valence-corrected chi connectivity index (χ4v) is 3.35. The molecule has 5 heteroatoms. The van der Waals surface area contributed by atoms with Gasteiger partial charge in [-0.2, -0.15) is 0 Å². The van der Waals surface area contributed by atoms with Crippen molar-refractivity contribution in [3.8, 4) is 17.2 Å². The lowest BCUT2D eigenvalue weighted by Crippen LogP contribution is -2.25. The van der Waals surface area contributed by atoms with Gasteiger partial charge < -0.3 is 9.84 Å². The number of fused-ring (bicyclic) bond motifs is 1. The van der Waals surface area contributed by atoms with E-state index in [1.165, 1.54) is 10.6 Å². The van der Waals surface area contributed by atoms with Crippen molar-refractivity contribution in [3.05, 3.63) is 106 Å². The molecule has 0 bridgehead atoms. The average molecular weight is 397 g/mol. The third-order valence-corrected chi connectivity index (χ3v) is 4.86. The molecule has 0 aliphatic carbocycles. The van der Waals surface area contributed by atoms with Gasteiger partial charge >= 0.3 is 0 Å². The summed E-state index contributed by atoms with van der Waals surface area (Å²) in [5.74, 6) is -0.174. The lowest BCUT2D eigenvalue weighted by molar-refractivity contribution is 0.104. The molecule has 30 heavy (non-hydrogen) atoms. The van der Waals surface area contributed by atoms with E-state index in [0.717, 1.165) is 5.56 Å². The highest BCUT2D eigenvalue weighted by atomic mass is 16.5. The molecule has 148 valence electrons. The number of carbonyl (C=O) groups excluding carboxylic acids is 1. The highest BCUT2D eigenvalue weighted by Crippen LogP contribution is 2.28. The van der Waals surface area contributed by atoms with E-state index >= 15 is 0 Å². The summed E-state index contributed by atoms with van der Waals surface area (Å²) in [7, 11) is 1.58. The number of carbonyl (C=O) groups is 1. The van der Waals surface area contributed by atoms with E-state index in [0.29, 0.717) is 22.3 Å². The van der Waals surface area contributed by atoms with Crippen LogP contribution in [0.5, 0.6) is 11.5 Å². The van der Waals surface area contributed by atoms with Gasteiger partial charge in [0, 0.05) is 11.1 Å². The summed E-state index contributed by atoms with van der Waals surface area (Å²) >= 11 is 0. The molecule has 0 fully saturated rings. The van der Waals surface area contributed by atoms with Gasteiger partial charge in [0.2, 0.25) is 0 Å². The van der Waals surface area contributed by atoms with Gasteiger partial charge in [-0.1, -0.05) is 48.5 Å². The molecule has 5 nitrogen and oxygen atoms in total. The van der Waals surface area contributed by atoms with Crippen LogP contribution >= 0.6 is 0 Å². The quantitative estimate of drug-likeness (QED) is 0.395. The molecular formula is C25H19NO4. The van der Waals surface area contributed by atoms with Crippen molar-refractivity contribution in [3.63, 3.8) is 0 Å². The molecule has 0 radical (unpaired) electrons. The van der Waals surface area contributed by atoms with Crippen LogP contribution in [0.2, 0.25) is 0 Å². The van der Waals surface area contributed by atoms with E-state index < -0.39 is 11.3 Å². The average Bonchev–Trinajstić information content (AvgIpc) is 2.79. The monoisotopic (exact) mass is 397 g/mol. The van der Waals surface area contributed by atoms with Gasteiger partial charge in [0.05, 0.1) is 12.6 Å². The number of rotatable bonds is 5. The van der Waals surface area contributed by atoms with E-state index in [1.807, 2.05) is 18.2 Å². The number of nitrogens with zero attached hydrogens (tertiary/aromatic N) is 1. The normalized spacial score (nSPS) is 11.1. The zero-order valence-corrected chi connectivity index (χ0v) is 16.3. The number of aromatic hydroxyl groups is 1. The van der Waals surface area contributed by atoms with Crippen LogP contribution < -0.4 is 10.3 Å². The summed E-state index contributed by atoms with van der Waals surface area (Å²) in [5.41, 5.74) is 1.09. The van der Waals surface area contributed by atoms with Crippen molar-refractivity contribution in [1.29, 1.82) is 0 Å². The maximum Gasteiger partial charge on any atom is 0.270 e. The first-order chi connectivity index (χ1) is 14.6. The summed E-state index contributed by atoms with van der Waals surface area (Å²) in [6.45, 7) is 0. The van der Waals surface area contributed by atoms with Crippen LogP contribution in [0.4, 0.5) is 0 Å². The number of hydrogen-bond donors (Lipinski definition) is 1. The lowest BCUT2D eigenvalue weighted by atomic mass is 10.0. The first kappa shape index (κ1) is 19.2. The molecule has 0 aliphatic heterocycles. The van der Waals surface area contributed by atoms with Crippen LogP contribution in [-0.2, 0) is 0 Å². The Hall–Kier alpha value is -4.12. The summed E-state index contributed by atoms with van der Waals surface area (Å²) in [5, 5.41) is 11.2. The maximum absolute atomic E-state index is 13.3. The van der Waals surface area contributed by atoms with E-state index in [9.17, 15) is 14.7 Å². The Bertz CT molecular complexity index is 1300. The minimum Gasteiger partial charge on any atom is -0.506 e. The van der Waals surface area contributed by atoms with Gasteiger partial charge in [0.15, 0.2) is 5.78 Å². The maximum atomic E-state index is 13.3. The number of methoxy groups -OCH3 is 1. The van der Waals surface area contributed by atoms with E-state index in [4.69, 9.17) is 4.74 Å². The fourth-order valence-electron chi connectivity index (χ4n) is 3.35. The summed E-state index contributed by atoms with van der Waals surface area (Å²) in [6.07, 6.45) is 2.89. The van der Waals surface area contributed by atoms with Gasteiger partial charge in [-0.3, -0.25) is 14.2 Å². The Kier molecular flexibility index (Phi) is 5.18. The second kappa shape index (κ2) is 8.09. The third-order valence-electron chi connectivity index (χ3n) is 4.86. The van der Waals surface area contributed by atoms with Crippen LogP contribution in [0.15, 0.2) is 89.7 Å². The molecule has 0 spiro atoms. The molecule has 0 saturated heterocycles. The van der Waals surface area contributed by atoms with Crippen LogP contribution in [0.25, 0.3) is 22.7 Å². The van der Waals surface area contributed by atoms with Crippen molar-refractivity contribution in [2.75, 3.05) is 7.11 Å². The molecule has 1 N–H and O–H groups in total. The van der Waals surface area contributed by atoms with Gasteiger partial charge in [-0.05, 0) is 48.0 Å². The second-order valence-electron chi connectivity index (χ2n) is 6.69. The Balaban J connectivity index is 1.85. The third kappa shape index (κ3) is 3.49. The zero-order chi connectivity index (χ0) is 21.1. The largest absolute Gasteiger partial charge is 0.506 e. The second-order valence-corrected chi connectivity index (χ2v) is 6.69. The van der Waals surface area contributed by atoms with Crippen LogP contribution in [-0.4, -0.2) is 22.6 Å². The Morgan fingerprint density at radius 3 is 2.30 bits per heavy atom. The number of pyridine rings is 1. The first-order valence-corrected chi connectivity index (χ1v) is 9.39. The molecule has 1 aromatic heterocycles. The number of aromatic nitrogens is 1. The Morgan fingerprint density at radius 2 is 1.60 bits per heavy atom. The zero-order valence-electron chi connectivity index (χ0n) is 16.3. The SMILES string of the molecule is COc1ccc(/C=C/C(=O)c2c(O)c3ccccc3n(-c3ccccc3)c2=O)cc1. The molecule has 0 saturated carbocycles. The smallest absolute Gasteiger partial charge is 0.270 e. The van der Waals surface area contributed by atoms with Crippen molar-refractivity contribution in [2.45, 2.75) is 0 Å². The molecular weight excluding hydrogens is 378 g/mol. The van der Waals surface area contributed by atoms with Crippen LogP contribution in [0, 0.1) is 0 Å². The van der Waals surface area contributed by atoms with Crippen LogP contribution in [0.3, 0.4) is 0 Å². The van der Waals surface area contributed by atoms with Crippen molar-refractivity contribution in [2.24, 2.45) is 0 Å². The number of ketones is 1. The number of ether oxygens (including phenoxy) is 1. The van der Waals surface area contributed by atoms with Gasteiger partial charge in [-0.25, -0.2) is 0 Å². The number of allylic oxidation sites excluding steroid dienone is 1. The topological polar surface area (TPSA) is 68.5 Å². The minimum atomic E-state index is -0.568. The van der Waals surface area contributed by atoms with Gasteiger partial charge in [-0.15, -0.1) is 0 Å². The highest BCUT2D eigenvalue weighted by Gasteiger charge is 2.21. The molecule has 0 atom stereocenters. The Labute approximate surface area is 173 Å². The molecule has 0 amide bonds. The summed E-state index contributed by atoms with van der Waals surface area (Å²) < 4.78 is 6.57. The number of hydrogen-bond acceptors (Lipinski definition) is 4. The molecule has 0 unspecified atom stereocenters. The van der Waals surface area contributed by atoms with Crippen molar-refractivity contribution < 1.29 is 14.6 Å². The van der Waals surface area contributed by atoms with Crippen molar-refractivity contribution in [1.82, 2.24) is 4.57 Å². The Morgan fingerprint density at radius 1 is 0.933 bits per heavy atom. The molecule has 3 aromatic carbocycles. The highest BCUT2D eigenvalue weighted by molar-refractivity contribution is 6.11. The van der Waals surface area contributed by atoms with E-state index in [2.05, 4.69) is 0 Å². The standard InChI is InChI=1S/C25H19NO4/c1-30-19-14-11-17(12-15-19)13-16-22(27)23-24(28)20-9-5-6-10-21(20)26(25(23)29)18-7-3-2-4-8-18/h2-16,28H,1H3/b16-13+. The fraction of sp³-hybridized carbons (Fsp3) is 0.0400. The summed E-state index contributed by atoms with van der Waals surface area (Å²) in [6, 6.07) is 23.2. The summed E-state index contributed by atoms with van der Waals surface area (Å²) in [4.78, 5) is 26.2. The van der Waals surface area contributed by atoms with E-state index in [1.54, 1.807) is 73.8 Å². The first-order valence-electron chi connectivity index (χ1n) is 9.39. The predicted molar refractivity (Wildman–Crippen MR) is 118 cm³/mol. The van der Waals surface area contributed by atoms with E-state index in [-0.39, 0.29) is 11.3 Å². The number of para-hydroxylation sites is 2. The van der Waals surface area contributed by atoms with Crippen LogP contribution in [0.1, 0.15) is 15.9 Å². The molecule has 4 rings (SSSR count). The molecule has 1 heterocycles. The van der Waals surface area contributed by atoms with Gasteiger partial charge in [0.25, 0.3) is 5.56 Å². The predicted octanol–water partition coefficient (Wildman–Crippen LogP) is 4.60.